The maximum absolute atomic E-state index is 10.5. The number of hydrogen-bond donors (Lipinski definition) is 11. The summed E-state index contributed by atoms with van der Waals surface area (Å²) >= 11 is 12.0. The van der Waals surface area contributed by atoms with Crippen molar-refractivity contribution in [1.82, 2.24) is 9.97 Å². The molecule has 5 rings (SSSR count). The van der Waals surface area contributed by atoms with Gasteiger partial charge in [-0.15, -0.1) is 37.9 Å². The molecule has 0 aliphatic rings. The number of benzene rings is 4. The van der Waals surface area contributed by atoms with Crippen molar-refractivity contribution in [1.29, 1.82) is 0 Å². The summed E-state index contributed by atoms with van der Waals surface area (Å²) in [5.41, 5.74) is 42.8. The van der Waals surface area contributed by atoms with E-state index in [4.69, 9.17) is 40.1 Å². The average molecular weight is 652 g/mol. The van der Waals surface area contributed by atoms with Crippen LogP contribution in [0.1, 0.15) is 11.1 Å². The van der Waals surface area contributed by atoms with E-state index in [1.54, 1.807) is 0 Å². The van der Waals surface area contributed by atoms with Crippen molar-refractivity contribution in [3.63, 3.8) is 0 Å². The van der Waals surface area contributed by atoms with Gasteiger partial charge in [-0.25, -0.2) is 4.98 Å². The summed E-state index contributed by atoms with van der Waals surface area (Å²) in [6, 6.07) is 31.4. The molecule has 0 aliphatic carbocycles. The maximum Gasteiger partial charge on any atom is 0.253 e. The van der Waals surface area contributed by atoms with Gasteiger partial charge >= 0.3 is 0 Å². The van der Waals surface area contributed by atoms with Gasteiger partial charge in [0.15, 0.2) is 0 Å². The van der Waals surface area contributed by atoms with E-state index in [0.29, 0.717) is 18.1 Å². The van der Waals surface area contributed by atoms with Gasteiger partial charge in [-0.1, -0.05) is 30.3 Å². The molecule has 0 bridgehead atoms. The Kier molecular flexibility index (Phi) is 18.4. The number of nitrogens with one attached hydrogen (secondary N) is 1. The van der Waals surface area contributed by atoms with Crippen molar-refractivity contribution in [3.8, 4) is 0 Å². The van der Waals surface area contributed by atoms with Crippen LogP contribution in [-0.2, 0) is 13.0 Å². The largest absolute Gasteiger partial charge is 0.399 e. The van der Waals surface area contributed by atoms with Crippen molar-refractivity contribution in [2.24, 2.45) is 11.5 Å². The van der Waals surface area contributed by atoms with E-state index in [1.165, 1.54) is 11.6 Å². The first-order valence-electron chi connectivity index (χ1n) is 13.2. The predicted octanol–water partition coefficient (Wildman–Crippen LogP) is 4.25. The zero-order valence-corrected chi connectivity index (χ0v) is 26.9. The minimum absolute atomic E-state index is 0.0903. The highest BCUT2D eigenvalue weighted by atomic mass is 32.1. The fourth-order valence-corrected chi connectivity index (χ4v) is 3.58. The molecule has 0 radical (unpaired) electrons. The van der Waals surface area contributed by atoms with Crippen molar-refractivity contribution in [2.45, 2.75) is 27.8 Å². The zero-order valence-electron chi connectivity index (χ0n) is 24.2. The van der Waals surface area contributed by atoms with Gasteiger partial charge in [-0.2, -0.15) is 0 Å². The molecule has 0 saturated heterocycles. The Labute approximate surface area is 274 Å². The second-order valence-electron chi connectivity index (χ2n) is 8.90. The maximum atomic E-state index is 10.5. The van der Waals surface area contributed by atoms with Crippen LogP contribution in [0.2, 0.25) is 0 Å². The first kappa shape index (κ1) is 37.8. The van der Waals surface area contributed by atoms with Crippen LogP contribution in [0.4, 0.5) is 28.7 Å². The summed E-state index contributed by atoms with van der Waals surface area (Å²) < 4.78 is 0. The summed E-state index contributed by atoms with van der Waals surface area (Å²) in [5, 5.41) is 0.330. The van der Waals surface area contributed by atoms with Gasteiger partial charge in [0.1, 0.15) is 5.03 Å². The molecule has 234 valence electrons. The van der Waals surface area contributed by atoms with Crippen LogP contribution in [0.5, 0.6) is 0 Å². The van der Waals surface area contributed by atoms with Crippen LogP contribution in [0.3, 0.4) is 0 Å². The van der Waals surface area contributed by atoms with E-state index in [-0.39, 0.29) is 11.5 Å². The molecule has 10 nitrogen and oxygen atoms in total. The average Bonchev–Trinajstić information content (AvgIpc) is 2.97. The van der Waals surface area contributed by atoms with Crippen LogP contribution in [0.25, 0.3) is 0 Å². The monoisotopic (exact) mass is 651 g/mol. The molecule has 15 N–H and O–H groups in total. The predicted molar refractivity (Wildman–Crippen MR) is 195 cm³/mol. The van der Waals surface area contributed by atoms with Crippen molar-refractivity contribution < 1.29 is 0 Å². The van der Waals surface area contributed by atoms with Crippen molar-refractivity contribution >= 4 is 66.6 Å². The molecular weight excluding hydrogens is 611 g/mol. The molecule has 5 aromatic rings. The lowest BCUT2D eigenvalue weighted by Gasteiger charge is -1.97. The number of nitrogen functional groups attached to an aromatic ring is 5. The van der Waals surface area contributed by atoms with Gasteiger partial charge in [-0.3, -0.25) is 9.78 Å². The summed E-state index contributed by atoms with van der Waals surface area (Å²) in [4.78, 5) is 18.2. The second kappa shape index (κ2) is 21.4. The molecule has 1 aromatic heterocycles. The number of thiol groups is 3. The fourth-order valence-electron chi connectivity index (χ4n) is 2.97. The van der Waals surface area contributed by atoms with Crippen LogP contribution in [-0.4, -0.2) is 16.5 Å². The minimum Gasteiger partial charge on any atom is -0.399 e. The van der Waals surface area contributed by atoms with Gasteiger partial charge in [0, 0.05) is 45.2 Å². The van der Waals surface area contributed by atoms with Gasteiger partial charge in [0.05, 0.1) is 0 Å². The lowest BCUT2D eigenvalue weighted by atomic mass is 10.1. The van der Waals surface area contributed by atoms with E-state index >= 15 is 0 Å². The summed E-state index contributed by atoms with van der Waals surface area (Å²) in [5.74, 6) is 0.0903. The molecule has 0 aliphatic heterocycles. The number of nitrogens with two attached hydrogens (primary N) is 7. The Hall–Kier alpha value is -4.27. The number of anilines is 5. The van der Waals surface area contributed by atoms with E-state index in [2.05, 4.69) is 47.9 Å². The van der Waals surface area contributed by atoms with Gasteiger partial charge in [-0.05, 0) is 90.8 Å². The van der Waals surface area contributed by atoms with E-state index in [1.807, 2.05) is 97.1 Å². The number of hydrogen-bond acceptors (Lipinski definition) is 12. The molecule has 0 atom stereocenters. The topological polar surface area (TPSA) is 228 Å². The third-order valence-electron chi connectivity index (χ3n) is 5.14. The van der Waals surface area contributed by atoms with Gasteiger partial charge in [0.25, 0.3) is 5.56 Å². The smallest absolute Gasteiger partial charge is 0.253 e. The number of H-pyrrole nitrogens is 1. The standard InChI is InChI=1S/C8H12N2.C7H10N2.2C6H7NS.C4H5N3OS/c9-6-5-7-1-3-8(10)4-2-7;8-5-6-1-3-7(9)4-2-6;7-5-1-3-6(8)4-2-5;7-5-2-1-3-6(8)4-5;5-4-6-2(8)1-3(9)7-4/h1-4H,5-6,9-10H2;1-4H,5,8-9H2;2*1-4,8H,7H2;1H,(H4,5,6,7,8,9). The summed E-state index contributed by atoms with van der Waals surface area (Å²) in [6.07, 6.45) is 0.931. The highest BCUT2D eigenvalue weighted by Gasteiger charge is 1.90. The quantitative estimate of drug-likeness (QED) is 0.0760. The third-order valence-corrected chi connectivity index (χ3v) is 5.94. The van der Waals surface area contributed by atoms with Crippen LogP contribution in [0.15, 0.2) is 123 Å². The molecule has 0 saturated carbocycles. The Morgan fingerprint density at radius 2 is 1.09 bits per heavy atom. The molecule has 4 aromatic carbocycles. The highest BCUT2D eigenvalue weighted by Crippen LogP contribution is 2.09. The number of rotatable bonds is 3. The Bertz CT molecular complexity index is 1490. The van der Waals surface area contributed by atoms with E-state index < -0.39 is 0 Å². The number of aromatic nitrogens is 2. The number of nitrogens with zero attached hydrogens (tertiary/aromatic N) is 1. The van der Waals surface area contributed by atoms with Crippen LogP contribution >= 0.6 is 37.9 Å². The van der Waals surface area contributed by atoms with Crippen LogP contribution in [0, 0.1) is 0 Å². The first-order valence-corrected chi connectivity index (χ1v) is 14.5. The van der Waals surface area contributed by atoms with Crippen molar-refractivity contribution in [2.75, 3.05) is 35.2 Å². The molecule has 0 fully saturated rings. The molecule has 0 spiro atoms. The lowest BCUT2D eigenvalue weighted by Crippen LogP contribution is -2.09. The van der Waals surface area contributed by atoms with Gasteiger partial charge in [0.2, 0.25) is 5.95 Å². The molecule has 0 unspecified atom stereocenters. The minimum atomic E-state index is -0.285. The molecule has 44 heavy (non-hydrogen) atoms. The van der Waals surface area contributed by atoms with E-state index in [9.17, 15) is 4.79 Å². The lowest BCUT2D eigenvalue weighted by molar-refractivity contribution is 0.969. The Morgan fingerprint density at radius 1 is 0.591 bits per heavy atom. The third kappa shape index (κ3) is 18.3. The summed E-state index contributed by atoms with van der Waals surface area (Å²) in [6.45, 7) is 1.28. The van der Waals surface area contributed by atoms with Gasteiger partial charge < -0.3 is 40.1 Å². The van der Waals surface area contributed by atoms with Crippen molar-refractivity contribution in [3.05, 3.63) is 125 Å². The second-order valence-corrected chi connectivity index (χ2v) is 10.4. The SMILES string of the molecule is NCCc1ccc(N)cc1.NCc1ccc(N)cc1.Nc1ccc(S)cc1.Nc1cccc(S)c1.Nc1nc(S)cc(=O)[nH]1. The van der Waals surface area contributed by atoms with Crippen LogP contribution < -0.4 is 45.7 Å². The molecular formula is C31H41N9OS3. The molecule has 13 heteroatoms. The molecule has 0 amide bonds. The Balaban J connectivity index is 0.000000276. The summed E-state index contributed by atoms with van der Waals surface area (Å²) in [7, 11) is 0. The highest BCUT2D eigenvalue weighted by molar-refractivity contribution is 7.80. The normalized spacial score (nSPS) is 9.39. The molecule has 1 heterocycles. The van der Waals surface area contributed by atoms with E-state index in [0.717, 1.165) is 44.5 Å². The first-order chi connectivity index (χ1) is 20.9. The zero-order chi connectivity index (χ0) is 32.9. The Morgan fingerprint density at radius 3 is 1.45 bits per heavy atom. The fraction of sp³-hybridized carbons (Fsp3) is 0.0968. The number of aromatic amines is 1.